The van der Waals surface area contributed by atoms with Crippen LogP contribution in [0.5, 0.6) is 0 Å². The third kappa shape index (κ3) is 4.42. The van der Waals surface area contributed by atoms with Gasteiger partial charge in [0.1, 0.15) is 12.5 Å². The first-order chi connectivity index (χ1) is 10.3. The Kier molecular flexibility index (Phi) is 6.29. The van der Waals surface area contributed by atoms with E-state index in [1.165, 1.54) is 0 Å². The molecule has 1 aliphatic heterocycles. The molecule has 0 unspecified atom stereocenters. The molecule has 22 heavy (non-hydrogen) atoms. The van der Waals surface area contributed by atoms with E-state index in [0.717, 1.165) is 9.80 Å². The number of carbonyl (C=O) groups is 4. The summed E-state index contributed by atoms with van der Waals surface area (Å²) in [4.78, 5) is 48.0. The lowest BCUT2D eigenvalue weighted by atomic mass is 10.0. The fourth-order valence-electron chi connectivity index (χ4n) is 2.20. The van der Waals surface area contributed by atoms with E-state index in [0.29, 0.717) is 6.54 Å². The molecule has 4 amide bonds. The average Bonchev–Trinajstić information content (AvgIpc) is 2.41. The number of carboxylic acid groups (broad SMARTS) is 1. The first-order valence-electron chi connectivity index (χ1n) is 7.14. The molecule has 0 bridgehead atoms. The number of carbonyl (C=O) groups excluding carboxylic acids is 3. The number of amides is 4. The Hall–Kier alpha value is -2.16. The molecule has 1 aliphatic rings. The molecule has 0 aromatic rings. The number of hydrogen-bond acceptors (Lipinski definition) is 5. The Labute approximate surface area is 128 Å². The van der Waals surface area contributed by atoms with Gasteiger partial charge in [0.2, 0.25) is 17.7 Å². The Balaban J connectivity index is 2.59. The number of likely N-dealkylation sites (tertiary alicyclic amines) is 1. The first kappa shape index (κ1) is 17.9. The average molecular weight is 314 g/mol. The van der Waals surface area contributed by atoms with Crippen LogP contribution in [0.3, 0.4) is 0 Å². The third-order valence-electron chi connectivity index (χ3n) is 3.38. The molecule has 1 saturated heterocycles. The molecular weight excluding hydrogens is 292 g/mol. The van der Waals surface area contributed by atoms with Gasteiger partial charge in [-0.05, 0) is 20.3 Å². The van der Waals surface area contributed by atoms with Crippen LogP contribution < -0.4 is 11.1 Å². The molecule has 0 saturated carbocycles. The second-order valence-electron chi connectivity index (χ2n) is 5.22. The third-order valence-corrected chi connectivity index (χ3v) is 3.38. The van der Waals surface area contributed by atoms with Crippen LogP contribution >= 0.6 is 0 Å². The largest absolute Gasteiger partial charge is 0.465 e. The second kappa shape index (κ2) is 7.74. The van der Waals surface area contributed by atoms with E-state index in [-0.39, 0.29) is 32.0 Å². The highest BCUT2D eigenvalue weighted by Gasteiger charge is 2.43. The summed E-state index contributed by atoms with van der Waals surface area (Å²) in [5.41, 5.74) is 5.66. The number of hydrogen-bond donors (Lipinski definition) is 3. The van der Waals surface area contributed by atoms with E-state index in [1.54, 1.807) is 13.8 Å². The van der Waals surface area contributed by atoms with Crippen LogP contribution in [0, 0.1) is 0 Å². The number of nitrogens with one attached hydrogen (secondary N) is 1. The molecule has 4 N–H and O–H groups in total. The Morgan fingerprint density at radius 2 is 2.00 bits per heavy atom. The molecule has 9 heteroatoms. The topological polar surface area (TPSA) is 133 Å². The minimum Gasteiger partial charge on any atom is -0.465 e. The Bertz CT molecular complexity index is 451. The lowest BCUT2D eigenvalue weighted by molar-refractivity contribution is -0.164. The molecule has 0 aliphatic carbocycles. The van der Waals surface area contributed by atoms with Crippen LogP contribution in [0.2, 0.25) is 0 Å². The van der Waals surface area contributed by atoms with Gasteiger partial charge in [0, 0.05) is 25.7 Å². The first-order valence-corrected chi connectivity index (χ1v) is 7.14. The monoisotopic (exact) mass is 314 g/mol. The Morgan fingerprint density at radius 3 is 2.41 bits per heavy atom. The van der Waals surface area contributed by atoms with Gasteiger partial charge < -0.3 is 21.1 Å². The van der Waals surface area contributed by atoms with Crippen molar-refractivity contribution in [2.45, 2.75) is 38.8 Å². The summed E-state index contributed by atoms with van der Waals surface area (Å²) in [6.45, 7) is 3.90. The smallest absolute Gasteiger partial charge is 0.407 e. The standard InChI is InChI=1S/C13H22N4O5/c1-3-16(13(21)22)5-4-15-12(20)9(6-8(2)14)17-10(18)7-11(17)19/h8-9H,3-7,14H2,1-2H3,(H,15,20)(H,21,22)/t8-,9-/m0/s1. The SMILES string of the molecule is CCN(CCNC(=O)[C@H](C[C@H](C)N)N1C(=O)CC1=O)C(=O)O. The van der Waals surface area contributed by atoms with Gasteiger partial charge in [-0.15, -0.1) is 0 Å². The van der Waals surface area contributed by atoms with Crippen molar-refractivity contribution >= 4 is 23.8 Å². The summed E-state index contributed by atoms with van der Waals surface area (Å²) < 4.78 is 0. The maximum Gasteiger partial charge on any atom is 0.407 e. The molecule has 1 heterocycles. The van der Waals surface area contributed by atoms with Crippen molar-refractivity contribution in [1.29, 1.82) is 0 Å². The predicted molar refractivity (Wildman–Crippen MR) is 76.8 cm³/mol. The molecular formula is C13H22N4O5. The maximum atomic E-state index is 12.2. The number of nitrogens with two attached hydrogens (primary N) is 1. The van der Waals surface area contributed by atoms with Crippen molar-refractivity contribution in [2.24, 2.45) is 5.73 Å². The van der Waals surface area contributed by atoms with Gasteiger partial charge in [-0.1, -0.05) is 0 Å². The molecule has 0 spiro atoms. The van der Waals surface area contributed by atoms with E-state index >= 15 is 0 Å². The lowest BCUT2D eigenvalue weighted by Gasteiger charge is -2.35. The van der Waals surface area contributed by atoms with E-state index in [9.17, 15) is 19.2 Å². The number of nitrogens with zero attached hydrogens (tertiary/aromatic N) is 2. The molecule has 1 fully saturated rings. The van der Waals surface area contributed by atoms with Crippen molar-refractivity contribution in [2.75, 3.05) is 19.6 Å². The quantitative estimate of drug-likeness (QED) is 0.387. The van der Waals surface area contributed by atoms with Crippen molar-refractivity contribution in [1.82, 2.24) is 15.1 Å². The summed E-state index contributed by atoms with van der Waals surface area (Å²) in [5, 5.41) is 11.4. The molecule has 9 nitrogen and oxygen atoms in total. The zero-order valence-electron chi connectivity index (χ0n) is 12.7. The molecule has 0 aromatic heterocycles. The fourth-order valence-corrected chi connectivity index (χ4v) is 2.20. The zero-order chi connectivity index (χ0) is 16.9. The number of rotatable bonds is 8. The molecule has 2 atom stereocenters. The van der Waals surface area contributed by atoms with E-state index in [1.807, 2.05) is 0 Å². The predicted octanol–water partition coefficient (Wildman–Crippen LogP) is -1.03. The molecule has 0 aromatic carbocycles. The van der Waals surface area contributed by atoms with E-state index < -0.39 is 29.9 Å². The summed E-state index contributed by atoms with van der Waals surface area (Å²) in [5.74, 6) is -1.29. The van der Waals surface area contributed by atoms with Crippen molar-refractivity contribution in [3.63, 3.8) is 0 Å². The Morgan fingerprint density at radius 1 is 1.41 bits per heavy atom. The van der Waals surface area contributed by atoms with Crippen LogP contribution in [0.15, 0.2) is 0 Å². The van der Waals surface area contributed by atoms with Crippen molar-refractivity contribution < 1.29 is 24.3 Å². The zero-order valence-corrected chi connectivity index (χ0v) is 12.7. The highest BCUT2D eigenvalue weighted by Crippen LogP contribution is 2.18. The van der Waals surface area contributed by atoms with Gasteiger partial charge in [0.05, 0.1) is 0 Å². The van der Waals surface area contributed by atoms with Gasteiger partial charge in [-0.25, -0.2) is 4.79 Å². The van der Waals surface area contributed by atoms with E-state index in [4.69, 9.17) is 10.8 Å². The minimum absolute atomic E-state index is 0.102. The fraction of sp³-hybridized carbons (Fsp3) is 0.692. The van der Waals surface area contributed by atoms with Crippen LogP contribution in [-0.4, -0.2) is 70.4 Å². The summed E-state index contributed by atoms with van der Waals surface area (Å²) in [7, 11) is 0. The molecule has 1 rings (SSSR count). The van der Waals surface area contributed by atoms with Gasteiger partial charge in [0.15, 0.2) is 0 Å². The van der Waals surface area contributed by atoms with E-state index in [2.05, 4.69) is 5.32 Å². The second-order valence-corrected chi connectivity index (χ2v) is 5.22. The van der Waals surface area contributed by atoms with Gasteiger partial charge in [-0.2, -0.15) is 0 Å². The van der Waals surface area contributed by atoms with Gasteiger partial charge >= 0.3 is 6.09 Å². The van der Waals surface area contributed by atoms with Gasteiger partial charge in [-0.3, -0.25) is 19.3 Å². The lowest BCUT2D eigenvalue weighted by Crippen LogP contribution is -2.60. The highest BCUT2D eigenvalue weighted by atomic mass is 16.4. The number of likely N-dealkylation sites (N-methyl/N-ethyl adjacent to an activating group) is 1. The van der Waals surface area contributed by atoms with Crippen LogP contribution in [0.4, 0.5) is 4.79 Å². The van der Waals surface area contributed by atoms with Gasteiger partial charge in [0.25, 0.3) is 0 Å². The highest BCUT2D eigenvalue weighted by molar-refractivity contribution is 6.17. The van der Waals surface area contributed by atoms with Crippen molar-refractivity contribution in [3.8, 4) is 0 Å². The molecule has 0 radical (unpaired) electrons. The maximum absolute atomic E-state index is 12.2. The summed E-state index contributed by atoms with van der Waals surface area (Å²) >= 11 is 0. The number of β-lactam (4-membered cyclic amide) rings is 2. The number of imide groups is 1. The van der Waals surface area contributed by atoms with Crippen LogP contribution in [0.25, 0.3) is 0 Å². The summed E-state index contributed by atoms with van der Waals surface area (Å²) in [6.07, 6.45) is -1.09. The normalized spacial score (nSPS) is 16.8. The minimum atomic E-state index is -1.07. The summed E-state index contributed by atoms with van der Waals surface area (Å²) in [6, 6.07) is -1.29. The van der Waals surface area contributed by atoms with Crippen LogP contribution in [0.1, 0.15) is 26.7 Å². The van der Waals surface area contributed by atoms with Crippen molar-refractivity contribution in [3.05, 3.63) is 0 Å². The molecule has 124 valence electrons. The van der Waals surface area contributed by atoms with Crippen LogP contribution in [-0.2, 0) is 14.4 Å².